The van der Waals surface area contributed by atoms with Crippen LogP contribution in [0.5, 0.6) is 0 Å². The number of cyclic esters (lactones) is 1. The Labute approximate surface area is 203 Å². The summed E-state index contributed by atoms with van der Waals surface area (Å²) < 4.78 is 11.6. The maximum absolute atomic E-state index is 13.3. The van der Waals surface area contributed by atoms with Crippen molar-refractivity contribution >= 4 is 11.8 Å². The van der Waals surface area contributed by atoms with Crippen LogP contribution in [-0.4, -0.2) is 57.3 Å². The van der Waals surface area contributed by atoms with Crippen LogP contribution >= 0.6 is 0 Å². The largest absolute Gasteiger partial charge is 0.462 e. The van der Waals surface area contributed by atoms with E-state index in [2.05, 4.69) is 0 Å². The van der Waals surface area contributed by atoms with Gasteiger partial charge in [0.25, 0.3) is 0 Å². The van der Waals surface area contributed by atoms with Gasteiger partial charge >= 0.3 is 5.97 Å². The summed E-state index contributed by atoms with van der Waals surface area (Å²) in [5.41, 5.74) is 0.284. The molecular weight excluding hydrogens is 436 g/mol. The molecule has 7 nitrogen and oxygen atoms in total. The molecule has 0 amide bonds. The molecule has 3 N–H and O–H groups in total. The van der Waals surface area contributed by atoms with E-state index in [0.29, 0.717) is 30.4 Å². The molecule has 0 aromatic heterocycles. The number of carbonyl (C=O) groups is 2. The topological polar surface area (TPSA) is 113 Å². The SMILES string of the molecule is C/C=C\CCC1C/C=C(\C)C(O)C(C)(C)C(=O)C(C)/C=C(\C)C2CC(O)CC(O)(CC(=O)O1)O2. The molecule has 7 heteroatoms. The van der Waals surface area contributed by atoms with Gasteiger partial charge in [-0.05, 0) is 44.8 Å². The monoisotopic (exact) mass is 478 g/mol. The van der Waals surface area contributed by atoms with E-state index in [1.54, 1.807) is 40.7 Å². The van der Waals surface area contributed by atoms with E-state index < -0.39 is 53.9 Å². The zero-order chi connectivity index (χ0) is 25.7. The average molecular weight is 479 g/mol. The van der Waals surface area contributed by atoms with Crippen LogP contribution in [0.2, 0.25) is 0 Å². The van der Waals surface area contributed by atoms with Crippen molar-refractivity contribution in [2.45, 2.75) is 110 Å². The number of hydrogen-bond acceptors (Lipinski definition) is 7. The van der Waals surface area contributed by atoms with Gasteiger partial charge in [0.2, 0.25) is 0 Å². The van der Waals surface area contributed by atoms with Crippen molar-refractivity contribution in [2.75, 3.05) is 0 Å². The summed E-state index contributed by atoms with van der Waals surface area (Å²) >= 11 is 0. The van der Waals surface area contributed by atoms with Crippen molar-refractivity contribution in [3.63, 3.8) is 0 Å². The predicted molar refractivity (Wildman–Crippen MR) is 130 cm³/mol. The molecule has 1 saturated heterocycles. The van der Waals surface area contributed by atoms with Crippen LogP contribution in [0.4, 0.5) is 0 Å². The number of carbonyl (C=O) groups excluding carboxylic acids is 2. The molecule has 2 rings (SSSR count). The molecule has 0 aliphatic carbocycles. The Balaban J connectivity index is 2.44. The van der Waals surface area contributed by atoms with Gasteiger partial charge in [0, 0.05) is 25.2 Å². The summed E-state index contributed by atoms with van der Waals surface area (Å²) in [6, 6.07) is 0. The van der Waals surface area contributed by atoms with E-state index in [1.165, 1.54) is 0 Å². The number of hydrogen-bond donors (Lipinski definition) is 3. The Morgan fingerprint density at radius 3 is 2.50 bits per heavy atom. The van der Waals surface area contributed by atoms with Crippen LogP contribution in [0, 0.1) is 11.3 Å². The highest BCUT2D eigenvalue weighted by Crippen LogP contribution is 2.36. The first kappa shape index (κ1) is 28.4. The molecular formula is C27H42O7. The summed E-state index contributed by atoms with van der Waals surface area (Å²) in [4.78, 5) is 26.1. The maximum atomic E-state index is 13.3. The highest BCUT2D eigenvalue weighted by atomic mass is 16.6. The third-order valence-corrected chi connectivity index (χ3v) is 6.90. The Morgan fingerprint density at radius 1 is 1.18 bits per heavy atom. The molecule has 2 aliphatic heterocycles. The fourth-order valence-corrected chi connectivity index (χ4v) is 4.88. The highest BCUT2D eigenvalue weighted by molar-refractivity contribution is 5.88. The van der Waals surface area contributed by atoms with E-state index >= 15 is 0 Å². The molecule has 0 aromatic rings. The Hall–Kier alpha value is -1.80. The third-order valence-electron chi connectivity index (χ3n) is 6.90. The van der Waals surface area contributed by atoms with Gasteiger partial charge in [0.15, 0.2) is 5.79 Å². The van der Waals surface area contributed by atoms with E-state index in [9.17, 15) is 24.9 Å². The number of fused-ring (bicyclic) bond motifs is 2. The van der Waals surface area contributed by atoms with Gasteiger partial charge in [-0.3, -0.25) is 9.59 Å². The second kappa shape index (κ2) is 11.8. The first-order valence-corrected chi connectivity index (χ1v) is 12.2. The molecule has 0 radical (unpaired) electrons. The van der Waals surface area contributed by atoms with E-state index in [-0.39, 0.29) is 18.6 Å². The molecule has 34 heavy (non-hydrogen) atoms. The third kappa shape index (κ3) is 7.35. The summed E-state index contributed by atoms with van der Waals surface area (Å²) in [5.74, 6) is -3.10. The van der Waals surface area contributed by atoms with E-state index in [0.717, 1.165) is 0 Å². The number of esters is 1. The fourth-order valence-electron chi connectivity index (χ4n) is 4.88. The van der Waals surface area contributed by atoms with Crippen molar-refractivity contribution in [3.05, 3.63) is 35.5 Å². The number of Topliss-reactive ketones (excluding diaryl/α,β-unsaturated/α-hetero) is 1. The molecule has 6 unspecified atom stereocenters. The Kier molecular flexibility index (Phi) is 9.83. The van der Waals surface area contributed by atoms with E-state index in [1.807, 2.05) is 25.2 Å². The van der Waals surface area contributed by atoms with Crippen molar-refractivity contribution < 1.29 is 34.4 Å². The van der Waals surface area contributed by atoms with Crippen LogP contribution < -0.4 is 0 Å². The van der Waals surface area contributed by atoms with Crippen molar-refractivity contribution in [3.8, 4) is 0 Å². The van der Waals surface area contributed by atoms with Crippen molar-refractivity contribution in [1.29, 1.82) is 0 Å². The molecule has 2 heterocycles. The normalized spacial score (nSPS) is 39.1. The molecule has 0 aromatic carbocycles. The van der Waals surface area contributed by atoms with Gasteiger partial charge in [-0.25, -0.2) is 0 Å². The summed E-state index contributed by atoms with van der Waals surface area (Å²) in [6.45, 7) is 10.7. The number of allylic oxidation sites excluding steroid dienone is 3. The second-order valence-electron chi connectivity index (χ2n) is 10.5. The van der Waals surface area contributed by atoms with Gasteiger partial charge in [0.05, 0.1) is 30.1 Å². The van der Waals surface area contributed by atoms with Crippen LogP contribution in [0.3, 0.4) is 0 Å². The zero-order valence-corrected chi connectivity index (χ0v) is 21.4. The standard InChI is InChI=1S/C27H42O7/c1-7-8-9-10-21-12-11-17(2)24(30)26(5,6)25(31)19(4)13-18(3)22-14-20(28)15-27(32,34-22)16-23(29)33-21/h7-8,11,13,19-22,24,28,30,32H,9-10,12,14-16H2,1-6H3/b8-7-,17-11+,18-13+. The molecule has 0 saturated carbocycles. The molecule has 6 atom stereocenters. The Bertz CT molecular complexity index is 825. The minimum absolute atomic E-state index is 0.0954. The number of aliphatic hydroxyl groups excluding tert-OH is 2. The van der Waals surface area contributed by atoms with Crippen molar-refractivity contribution in [1.82, 2.24) is 0 Å². The number of ether oxygens (including phenoxy) is 2. The predicted octanol–water partition coefficient (Wildman–Crippen LogP) is 3.76. The van der Waals surface area contributed by atoms with Gasteiger partial charge in [-0.15, -0.1) is 0 Å². The summed E-state index contributed by atoms with van der Waals surface area (Å²) in [5, 5.41) is 32.4. The molecule has 0 spiro atoms. The zero-order valence-electron chi connectivity index (χ0n) is 21.4. The average Bonchev–Trinajstić information content (AvgIpc) is 2.74. The number of ketones is 1. The van der Waals surface area contributed by atoms with Gasteiger partial charge in [-0.1, -0.05) is 45.1 Å². The summed E-state index contributed by atoms with van der Waals surface area (Å²) in [6.07, 6.45) is 5.90. The maximum Gasteiger partial charge on any atom is 0.311 e. The van der Waals surface area contributed by atoms with Gasteiger partial charge in [-0.2, -0.15) is 0 Å². The molecule has 1 fully saturated rings. The van der Waals surface area contributed by atoms with Crippen molar-refractivity contribution in [2.24, 2.45) is 11.3 Å². The minimum atomic E-state index is -1.85. The molecule has 2 aliphatic rings. The lowest BCUT2D eigenvalue weighted by Gasteiger charge is -2.40. The van der Waals surface area contributed by atoms with Crippen LogP contribution in [0.1, 0.15) is 80.1 Å². The minimum Gasteiger partial charge on any atom is -0.462 e. The lowest BCUT2D eigenvalue weighted by molar-refractivity contribution is -0.267. The first-order valence-electron chi connectivity index (χ1n) is 12.2. The molecule has 2 bridgehead atoms. The highest BCUT2D eigenvalue weighted by Gasteiger charge is 2.43. The second-order valence-corrected chi connectivity index (χ2v) is 10.5. The summed E-state index contributed by atoms with van der Waals surface area (Å²) in [7, 11) is 0. The van der Waals surface area contributed by atoms with Crippen LogP contribution in [0.15, 0.2) is 35.5 Å². The Morgan fingerprint density at radius 2 is 1.85 bits per heavy atom. The first-order chi connectivity index (χ1) is 15.8. The quantitative estimate of drug-likeness (QED) is 0.418. The van der Waals surface area contributed by atoms with Crippen LogP contribution in [0.25, 0.3) is 0 Å². The van der Waals surface area contributed by atoms with Gasteiger partial charge in [0.1, 0.15) is 11.9 Å². The van der Waals surface area contributed by atoms with Crippen LogP contribution in [-0.2, 0) is 19.1 Å². The lowest BCUT2D eigenvalue weighted by Crippen LogP contribution is -2.48. The number of aliphatic hydroxyl groups is 3. The molecule has 192 valence electrons. The van der Waals surface area contributed by atoms with Gasteiger partial charge < -0.3 is 24.8 Å². The lowest BCUT2D eigenvalue weighted by atomic mass is 9.74. The fraction of sp³-hybridized carbons (Fsp3) is 0.704. The smallest absolute Gasteiger partial charge is 0.311 e. The number of rotatable bonds is 3. The van der Waals surface area contributed by atoms with E-state index in [4.69, 9.17) is 9.47 Å².